The Balaban J connectivity index is 0.000000686. The standard InChI is InChI=1S/C8H4N2O5.C2H6/c11-7-4-2-1-3-5(10(13)14)6(4)9-8(12)15-7;1-2/h1-3H,(H,9,12);1-2H3. The third-order valence-corrected chi connectivity index (χ3v) is 1.87. The zero-order valence-corrected chi connectivity index (χ0v) is 9.22. The Morgan fingerprint density at radius 1 is 1.29 bits per heavy atom. The first-order chi connectivity index (χ1) is 8.09. The van der Waals surface area contributed by atoms with Crippen LogP contribution in [0.2, 0.25) is 0 Å². The number of para-hydroxylation sites is 1. The number of nitro groups is 1. The van der Waals surface area contributed by atoms with E-state index in [0.717, 1.165) is 0 Å². The monoisotopic (exact) mass is 238 g/mol. The Hall–Kier alpha value is -2.44. The van der Waals surface area contributed by atoms with Crippen LogP contribution in [0, 0.1) is 10.1 Å². The normalized spacial score (nSPS) is 9.53. The van der Waals surface area contributed by atoms with E-state index in [4.69, 9.17) is 0 Å². The van der Waals surface area contributed by atoms with E-state index in [2.05, 4.69) is 9.40 Å². The van der Waals surface area contributed by atoms with E-state index in [1.807, 2.05) is 13.8 Å². The van der Waals surface area contributed by atoms with Crippen LogP contribution in [0.25, 0.3) is 10.9 Å². The van der Waals surface area contributed by atoms with Gasteiger partial charge in [-0.25, -0.2) is 9.59 Å². The molecule has 1 heterocycles. The number of rotatable bonds is 1. The van der Waals surface area contributed by atoms with Crippen molar-refractivity contribution < 1.29 is 9.34 Å². The number of hydrogen-bond acceptors (Lipinski definition) is 5. The van der Waals surface area contributed by atoms with Crippen LogP contribution in [0.3, 0.4) is 0 Å². The summed E-state index contributed by atoms with van der Waals surface area (Å²) in [6, 6.07) is 3.87. The van der Waals surface area contributed by atoms with Gasteiger partial charge in [0.05, 0.1) is 10.3 Å². The quantitative estimate of drug-likeness (QED) is 0.597. The molecule has 7 heteroatoms. The Labute approximate surface area is 94.8 Å². The zero-order chi connectivity index (χ0) is 13.0. The van der Waals surface area contributed by atoms with E-state index in [1.165, 1.54) is 18.2 Å². The minimum Gasteiger partial charge on any atom is -0.372 e. The molecule has 2 aromatic rings. The van der Waals surface area contributed by atoms with Crippen molar-refractivity contribution in [1.29, 1.82) is 0 Å². The second-order valence-electron chi connectivity index (χ2n) is 2.76. The molecule has 2 rings (SSSR count). The number of hydrogen-bond donors (Lipinski definition) is 1. The number of nitrogens with one attached hydrogen (secondary N) is 1. The SMILES string of the molecule is CC.O=c1[nH]c2c([N+](=O)[O-])cccc2c(=O)o1. The van der Waals surface area contributed by atoms with Crippen molar-refractivity contribution >= 4 is 16.6 Å². The lowest BCUT2D eigenvalue weighted by Gasteiger charge is -1.95. The van der Waals surface area contributed by atoms with E-state index in [0.29, 0.717) is 0 Å². The van der Waals surface area contributed by atoms with Crippen molar-refractivity contribution in [3.05, 3.63) is 49.3 Å². The first kappa shape index (κ1) is 12.6. The summed E-state index contributed by atoms with van der Waals surface area (Å²) in [4.78, 5) is 34.0. The van der Waals surface area contributed by atoms with Crippen LogP contribution in [0.5, 0.6) is 0 Å². The van der Waals surface area contributed by atoms with Gasteiger partial charge in [-0.2, -0.15) is 0 Å². The van der Waals surface area contributed by atoms with Crippen molar-refractivity contribution in [2.24, 2.45) is 0 Å². The molecule has 17 heavy (non-hydrogen) atoms. The summed E-state index contributed by atoms with van der Waals surface area (Å²) >= 11 is 0. The predicted molar refractivity (Wildman–Crippen MR) is 61.1 cm³/mol. The van der Waals surface area contributed by atoms with Gasteiger partial charge >= 0.3 is 11.4 Å². The fourth-order valence-corrected chi connectivity index (χ4v) is 1.26. The molecule has 0 saturated carbocycles. The lowest BCUT2D eigenvalue weighted by molar-refractivity contribution is -0.383. The lowest BCUT2D eigenvalue weighted by Crippen LogP contribution is -2.15. The number of H-pyrrole nitrogens is 1. The largest absolute Gasteiger partial charge is 0.419 e. The average molecular weight is 238 g/mol. The summed E-state index contributed by atoms with van der Waals surface area (Å²) in [6.07, 6.45) is 0. The highest BCUT2D eigenvalue weighted by Gasteiger charge is 2.14. The predicted octanol–water partition coefficient (Wildman–Crippen LogP) is 1.42. The highest BCUT2D eigenvalue weighted by molar-refractivity contribution is 5.85. The fourth-order valence-electron chi connectivity index (χ4n) is 1.26. The average Bonchev–Trinajstić information content (AvgIpc) is 2.30. The summed E-state index contributed by atoms with van der Waals surface area (Å²) < 4.78 is 4.24. The van der Waals surface area contributed by atoms with Crippen LogP contribution in [0.4, 0.5) is 5.69 Å². The van der Waals surface area contributed by atoms with Crippen LogP contribution in [-0.2, 0) is 0 Å². The maximum atomic E-state index is 11.2. The highest BCUT2D eigenvalue weighted by Crippen LogP contribution is 2.19. The molecule has 0 radical (unpaired) electrons. The van der Waals surface area contributed by atoms with Gasteiger partial charge in [0, 0.05) is 6.07 Å². The van der Waals surface area contributed by atoms with Gasteiger partial charge in [0.1, 0.15) is 5.52 Å². The number of aromatic nitrogens is 1. The summed E-state index contributed by atoms with van der Waals surface area (Å²) in [5.74, 6) is -1.01. The topological polar surface area (TPSA) is 106 Å². The lowest BCUT2D eigenvalue weighted by atomic mass is 10.2. The number of fused-ring (bicyclic) bond motifs is 1. The molecule has 0 fully saturated rings. The molecule has 1 N–H and O–H groups in total. The summed E-state index contributed by atoms with van der Waals surface area (Å²) in [7, 11) is 0. The number of nitrogens with zero attached hydrogens (tertiary/aromatic N) is 1. The van der Waals surface area contributed by atoms with Crippen LogP contribution in [0.15, 0.2) is 32.2 Å². The van der Waals surface area contributed by atoms with Gasteiger partial charge in [-0.15, -0.1) is 0 Å². The van der Waals surface area contributed by atoms with Gasteiger partial charge in [-0.1, -0.05) is 19.9 Å². The number of nitro benzene ring substituents is 1. The first-order valence-electron chi connectivity index (χ1n) is 4.90. The first-order valence-corrected chi connectivity index (χ1v) is 4.90. The Kier molecular flexibility index (Phi) is 3.76. The van der Waals surface area contributed by atoms with Gasteiger partial charge < -0.3 is 4.42 Å². The van der Waals surface area contributed by atoms with E-state index in [1.54, 1.807) is 0 Å². The highest BCUT2D eigenvalue weighted by atomic mass is 16.6. The van der Waals surface area contributed by atoms with Crippen LogP contribution >= 0.6 is 0 Å². The molecule has 0 atom stereocenters. The third-order valence-electron chi connectivity index (χ3n) is 1.87. The Bertz CT molecular complexity index is 656. The number of aromatic amines is 1. The molecular weight excluding hydrogens is 228 g/mol. The second-order valence-corrected chi connectivity index (χ2v) is 2.76. The van der Waals surface area contributed by atoms with Crippen LogP contribution in [-0.4, -0.2) is 9.91 Å². The molecule has 7 nitrogen and oxygen atoms in total. The fraction of sp³-hybridized carbons (Fsp3) is 0.200. The Morgan fingerprint density at radius 3 is 2.53 bits per heavy atom. The van der Waals surface area contributed by atoms with Crippen molar-refractivity contribution in [3.8, 4) is 0 Å². The van der Waals surface area contributed by atoms with Crippen molar-refractivity contribution in [2.45, 2.75) is 13.8 Å². The third kappa shape index (κ3) is 2.39. The molecule has 1 aromatic carbocycles. The van der Waals surface area contributed by atoms with Gasteiger partial charge in [0.25, 0.3) is 5.69 Å². The second kappa shape index (κ2) is 5.06. The van der Waals surface area contributed by atoms with E-state index < -0.39 is 16.3 Å². The summed E-state index contributed by atoms with van der Waals surface area (Å²) in [5.41, 5.74) is -1.35. The molecule has 0 aliphatic carbocycles. The van der Waals surface area contributed by atoms with Gasteiger partial charge in [-0.05, 0) is 6.07 Å². The minimum absolute atomic E-state index is 0.0243. The number of non-ortho nitro benzene ring substituents is 1. The summed E-state index contributed by atoms with van der Waals surface area (Å²) in [5, 5.41) is 10.6. The molecule has 0 spiro atoms. The minimum atomic E-state index is -1.01. The molecule has 0 amide bonds. The molecule has 0 saturated heterocycles. The zero-order valence-electron chi connectivity index (χ0n) is 9.22. The molecular formula is C10H10N2O5. The van der Waals surface area contributed by atoms with Crippen molar-refractivity contribution in [1.82, 2.24) is 4.98 Å². The maximum absolute atomic E-state index is 11.2. The summed E-state index contributed by atoms with van der Waals surface area (Å²) in [6.45, 7) is 4.00. The molecule has 0 bridgehead atoms. The molecule has 1 aromatic heterocycles. The Morgan fingerprint density at radius 2 is 1.94 bits per heavy atom. The van der Waals surface area contributed by atoms with Crippen LogP contribution < -0.4 is 11.4 Å². The van der Waals surface area contributed by atoms with Gasteiger partial charge in [0.15, 0.2) is 0 Å². The molecule has 0 unspecified atom stereocenters. The molecule has 0 aliphatic rings. The maximum Gasteiger partial charge on any atom is 0.419 e. The molecule has 90 valence electrons. The number of benzene rings is 1. The van der Waals surface area contributed by atoms with Crippen molar-refractivity contribution in [3.63, 3.8) is 0 Å². The van der Waals surface area contributed by atoms with Crippen molar-refractivity contribution in [2.75, 3.05) is 0 Å². The van der Waals surface area contributed by atoms with Crippen LogP contribution in [0.1, 0.15) is 13.8 Å². The van der Waals surface area contributed by atoms with E-state index in [-0.39, 0.29) is 16.6 Å². The smallest absolute Gasteiger partial charge is 0.372 e. The van der Waals surface area contributed by atoms with E-state index >= 15 is 0 Å². The van der Waals surface area contributed by atoms with Gasteiger partial charge in [0.2, 0.25) is 0 Å². The molecule has 0 aliphatic heterocycles. The van der Waals surface area contributed by atoms with E-state index in [9.17, 15) is 19.7 Å². The van der Waals surface area contributed by atoms with Gasteiger partial charge in [-0.3, -0.25) is 15.1 Å².